The SMILES string of the molecule is CCN(C)Cc1cccc(CNC(=NC)NCC(C)(C)NC(=O)OC(C)(C)C)c1. The third kappa shape index (κ3) is 10.7. The van der Waals surface area contributed by atoms with Crippen LogP contribution in [0.4, 0.5) is 4.79 Å². The molecule has 0 fully saturated rings. The standard InChI is InChI=1S/C22H39N5O2/c1-9-27(8)15-18-12-10-11-17(13-18)14-24-19(23-7)25-16-22(5,6)26-20(28)29-21(2,3)4/h10-13H,9,14-16H2,1-8H3,(H,26,28)(H2,23,24,25). The van der Waals surface area contributed by atoms with Crippen LogP contribution >= 0.6 is 0 Å². The Hall–Kier alpha value is -2.28. The van der Waals surface area contributed by atoms with Gasteiger partial charge in [0.05, 0.1) is 5.54 Å². The number of rotatable bonds is 8. The van der Waals surface area contributed by atoms with Gasteiger partial charge in [-0.25, -0.2) is 4.79 Å². The van der Waals surface area contributed by atoms with Crippen LogP contribution in [-0.2, 0) is 17.8 Å². The number of benzene rings is 1. The molecule has 0 aliphatic carbocycles. The fourth-order valence-electron chi connectivity index (χ4n) is 2.60. The lowest BCUT2D eigenvalue weighted by molar-refractivity contribution is 0.0474. The van der Waals surface area contributed by atoms with Crippen LogP contribution < -0.4 is 16.0 Å². The highest BCUT2D eigenvalue weighted by atomic mass is 16.6. The molecule has 0 saturated heterocycles. The summed E-state index contributed by atoms with van der Waals surface area (Å²) in [7, 11) is 3.85. The molecule has 29 heavy (non-hydrogen) atoms. The van der Waals surface area contributed by atoms with Gasteiger partial charge in [0.2, 0.25) is 0 Å². The predicted molar refractivity (Wildman–Crippen MR) is 120 cm³/mol. The molecule has 1 aromatic rings. The summed E-state index contributed by atoms with van der Waals surface area (Å²) < 4.78 is 5.33. The van der Waals surface area contributed by atoms with Crippen LogP contribution in [0.1, 0.15) is 52.7 Å². The van der Waals surface area contributed by atoms with Crippen molar-refractivity contribution in [3.63, 3.8) is 0 Å². The molecule has 0 heterocycles. The molecule has 0 spiro atoms. The maximum atomic E-state index is 12.0. The summed E-state index contributed by atoms with van der Waals surface area (Å²) in [4.78, 5) is 18.6. The number of aliphatic imine (C=N–C) groups is 1. The highest BCUT2D eigenvalue weighted by molar-refractivity contribution is 5.79. The molecule has 3 N–H and O–H groups in total. The molecule has 7 heteroatoms. The number of nitrogens with one attached hydrogen (secondary N) is 3. The second-order valence-corrected chi connectivity index (χ2v) is 8.94. The highest BCUT2D eigenvalue weighted by Crippen LogP contribution is 2.09. The predicted octanol–water partition coefficient (Wildman–Crippen LogP) is 3.11. The van der Waals surface area contributed by atoms with Crippen molar-refractivity contribution < 1.29 is 9.53 Å². The first-order valence-electron chi connectivity index (χ1n) is 10.2. The molecular weight excluding hydrogens is 366 g/mol. The Morgan fingerprint density at radius 3 is 2.38 bits per heavy atom. The smallest absolute Gasteiger partial charge is 0.408 e. The molecule has 0 unspecified atom stereocenters. The Labute approximate surface area is 176 Å². The molecule has 0 aliphatic heterocycles. The molecule has 164 valence electrons. The number of hydrogen-bond donors (Lipinski definition) is 3. The van der Waals surface area contributed by atoms with Gasteiger partial charge >= 0.3 is 6.09 Å². The zero-order valence-electron chi connectivity index (χ0n) is 19.3. The number of ether oxygens (including phenoxy) is 1. The van der Waals surface area contributed by atoms with Crippen molar-refractivity contribution in [3.8, 4) is 0 Å². The van der Waals surface area contributed by atoms with Gasteiger partial charge in [-0.2, -0.15) is 0 Å². The molecular formula is C22H39N5O2. The average Bonchev–Trinajstić information content (AvgIpc) is 2.59. The lowest BCUT2D eigenvalue weighted by Gasteiger charge is -2.29. The zero-order valence-corrected chi connectivity index (χ0v) is 19.3. The van der Waals surface area contributed by atoms with Gasteiger partial charge in [0, 0.05) is 26.7 Å². The largest absolute Gasteiger partial charge is 0.444 e. The molecule has 0 radical (unpaired) electrons. The molecule has 1 rings (SSSR count). The van der Waals surface area contributed by atoms with Crippen molar-refractivity contribution in [2.45, 2.75) is 65.8 Å². The Balaban J connectivity index is 2.54. The number of alkyl carbamates (subject to hydrolysis) is 1. The number of carbonyl (C=O) groups excluding carboxylic acids is 1. The molecule has 0 aromatic heterocycles. The first-order valence-corrected chi connectivity index (χ1v) is 10.2. The first kappa shape index (κ1) is 24.8. The lowest BCUT2D eigenvalue weighted by atomic mass is 10.1. The topological polar surface area (TPSA) is 78.0 Å². The summed E-state index contributed by atoms with van der Waals surface area (Å²) in [6, 6.07) is 8.54. The van der Waals surface area contributed by atoms with E-state index in [4.69, 9.17) is 4.74 Å². The van der Waals surface area contributed by atoms with E-state index in [9.17, 15) is 4.79 Å². The minimum absolute atomic E-state index is 0.430. The lowest BCUT2D eigenvalue weighted by Crippen LogP contribution is -2.54. The Morgan fingerprint density at radius 2 is 1.79 bits per heavy atom. The van der Waals surface area contributed by atoms with Crippen molar-refractivity contribution in [1.29, 1.82) is 0 Å². The van der Waals surface area contributed by atoms with Gasteiger partial charge in [-0.3, -0.25) is 4.99 Å². The van der Waals surface area contributed by atoms with Crippen LogP contribution in [-0.4, -0.2) is 55.3 Å². The van der Waals surface area contributed by atoms with E-state index in [0.717, 1.165) is 13.1 Å². The van der Waals surface area contributed by atoms with Crippen molar-refractivity contribution >= 4 is 12.1 Å². The average molecular weight is 406 g/mol. The van der Waals surface area contributed by atoms with Gasteiger partial charge in [-0.1, -0.05) is 31.2 Å². The van der Waals surface area contributed by atoms with E-state index in [1.165, 1.54) is 11.1 Å². The van der Waals surface area contributed by atoms with E-state index >= 15 is 0 Å². The third-order valence-corrected chi connectivity index (χ3v) is 4.20. The normalized spacial score (nSPS) is 12.7. The molecule has 0 bridgehead atoms. The second-order valence-electron chi connectivity index (χ2n) is 8.94. The summed E-state index contributed by atoms with van der Waals surface area (Å²) in [5.41, 5.74) is 1.47. The zero-order chi connectivity index (χ0) is 22.1. The first-order chi connectivity index (χ1) is 13.4. The minimum Gasteiger partial charge on any atom is -0.444 e. The van der Waals surface area contributed by atoms with E-state index in [-0.39, 0.29) is 0 Å². The van der Waals surface area contributed by atoms with Crippen LogP contribution in [0.5, 0.6) is 0 Å². The maximum Gasteiger partial charge on any atom is 0.408 e. The molecule has 7 nitrogen and oxygen atoms in total. The summed E-state index contributed by atoms with van der Waals surface area (Å²) >= 11 is 0. The summed E-state index contributed by atoms with van der Waals surface area (Å²) in [5.74, 6) is 0.681. The Bertz CT molecular complexity index is 680. The Morgan fingerprint density at radius 1 is 1.14 bits per heavy atom. The van der Waals surface area contributed by atoms with Crippen LogP contribution in [0.3, 0.4) is 0 Å². The number of amides is 1. The van der Waals surface area contributed by atoms with E-state index in [1.54, 1.807) is 7.05 Å². The monoisotopic (exact) mass is 405 g/mol. The van der Waals surface area contributed by atoms with Gasteiger partial charge in [0.25, 0.3) is 0 Å². The van der Waals surface area contributed by atoms with Crippen molar-refractivity contribution in [2.24, 2.45) is 4.99 Å². The van der Waals surface area contributed by atoms with Crippen LogP contribution in [0.15, 0.2) is 29.3 Å². The van der Waals surface area contributed by atoms with Crippen LogP contribution in [0, 0.1) is 0 Å². The fourth-order valence-corrected chi connectivity index (χ4v) is 2.60. The second kappa shape index (κ2) is 11.0. The molecule has 0 atom stereocenters. The fraction of sp³-hybridized carbons (Fsp3) is 0.636. The van der Waals surface area contributed by atoms with Gasteiger partial charge < -0.3 is 25.6 Å². The summed E-state index contributed by atoms with van der Waals surface area (Å²) in [6.45, 7) is 14.7. The molecule has 0 saturated carbocycles. The quantitative estimate of drug-likeness (QED) is 0.458. The maximum absolute atomic E-state index is 12.0. The van der Waals surface area contributed by atoms with Gasteiger partial charge in [-0.15, -0.1) is 0 Å². The van der Waals surface area contributed by atoms with Crippen LogP contribution in [0.2, 0.25) is 0 Å². The van der Waals surface area contributed by atoms with E-state index in [2.05, 4.69) is 64.1 Å². The highest BCUT2D eigenvalue weighted by Gasteiger charge is 2.24. The number of guanidine groups is 1. The number of hydrogen-bond acceptors (Lipinski definition) is 4. The van der Waals surface area contributed by atoms with E-state index in [0.29, 0.717) is 19.0 Å². The van der Waals surface area contributed by atoms with E-state index in [1.807, 2.05) is 34.6 Å². The molecule has 0 aliphatic rings. The van der Waals surface area contributed by atoms with Gasteiger partial charge in [0.15, 0.2) is 5.96 Å². The third-order valence-electron chi connectivity index (χ3n) is 4.20. The Kier molecular flexibility index (Phi) is 9.43. The van der Waals surface area contributed by atoms with E-state index < -0.39 is 17.2 Å². The summed E-state index contributed by atoms with van der Waals surface area (Å²) in [5, 5.41) is 9.48. The van der Waals surface area contributed by atoms with Gasteiger partial charge in [0.1, 0.15) is 5.60 Å². The van der Waals surface area contributed by atoms with Crippen molar-refractivity contribution in [2.75, 3.05) is 27.2 Å². The minimum atomic E-state index is -0.522. The van der Waals surface area contributed by atoms with Crippen molar-refractivity contribution in [1.82, 2.24) is 20.9 Å². The number of nitrogens with zero attached hydrogens (tertiary/aromatic N) is 2. The molecule has 1 amide bonds. The summed E-state index contributed by atoms with van der Waals surface area (Å²) in [6.07, 6.45) is -0.430. The molecule has 1 aromatic carbocycles. The van der Waals surface area contributed by atoms with Crippen LogP contribution in [0.25, 0.3) is 0 Å². The van der Waals surface area contributed by atoms with Gasteiger partial charge in [-0.05, 0) is 59.3 Å². The van der Waals surface area contributed by atoms with Crippen molar-refractivity contribution in [3.05, 3.63) is 35.4 Å². The number of carbonyl (C=O) groups is 1.